The monoisotopic (exact) mass is 1830 g/mol. The lowest BCUT2D eigenvalue weighted by Crippen LogP contribution is -2.51. The number of unbranched alkanes of at least 4 members (excludes halogenated alkanes) is 15. The fraction of sp³-hybridized carbons (Fsp3) is 0.629. The van der Waals surface area contributed by atoms with E-state index in [0.29, 0.717) is 13.2 Å². The molecule has 0 bridgehead atoms. The molecule has 0 saturated heterocycles. The highest BCUT2D eigenvalue weighted by molar-refractivity contribution is 8.56. The van der Waals surface area contributed by atoms with E-state index < -0.39 is 67.3 Å². The Bertz CT molecular complexity index is 2960. The Hall–Kier alpha value is -2.40. The number of rotatable bonds is 47. The van der Waals surface area contributed by atoms with E-state index in [0.717, 1.165) is 56.7 Å². The highest BCUT2D eigenvalue weighted by Gasteiger charge is 2.34. The number of aliphatic hydroxyl groups is 4. The molecule has 2 atom stereocenters. The molecule has 6 aromatic carbocycles. The van der Waals surface area contributed by atoms with Crippen LogP contribution in [0, 0.1) is 13.8 Å². The van der Waals surface area contributed by atoms with Gasteiger partial charge >= 0.3 is 42.3 Å². The fourth-order valence-electron chi connectivity index (χ4n) is 11.1. The van der Waals surface area contributed by atoms with Crippen molar-refractivity contribution in [3.8, 4) is 0 Å². The molecule has 2 unspecified atom stereocenters. The topological polar surface area (TPSA) is 209 Å². The molecule has 6 aromatic rings. The Morgan fingerprint density at radius 2 is 0.735 bits per heavy atom. The van der Waals surface area contributed by atoms with E-state index >= 15 is 0 Å². The van der Waals surface area contributed by atoms with Gasteiger partial charge < -0.3 is 78.3 Å². The second-order valence-electron chi connectivity index (χ2n) is 28.8. The smallest absolute Gasteiger partial charge is 0.369 e. The molecule has 117 heavy (non-hydrogen) atoms. The number of aryl methyl sites for hydroxylation is 2. The number of halogens is 1. The van der Waals surface area contributed by atoms with Crippen molar-refractivity contribution in [3.63, 3.8) is 0 Å². The van der Waals surface area contributed by atoms with Crippen molar-refractivity contribution in [2.24, 2.45) is 0 Å². The lowest BCUT2D eigenvalue weighted by atomic mass is 10.0. The maximum Gasteiger partial charge on any atom is 0.369 e. The van der Waals surface area contributed by atoms with Gasteiger partial charge in [-0.05, 0) is 176 Å². The summed E-state index contributed by atoms with van der Waals surface area (Å²) in [6.07, 6.45) is 28.1. The van der Waals surface area contributed by atoms with Gasteiger partial charge in [0.1, 0.15) is 6.79 Å². The number of alkyl halides is 1. The number of hydrogen-bond acceptors (Lipinski definition) is 19. The molecule has 0 aliphatic carbocycles. The maximum absolute atomic E-state index is 9.35. The second-order valence-corrected chi connectivity index (χ2v) is 62.9. The van der Waals surface area contributed by atoms with Crippen LogP contribution in [0.1, 0.15) is 183 Å². The molecule has 678 valence electrons. The van der Waals surface area contributed by atoms with Crippen LogP contribution >= 0.6 is 34.0 Å². The molecule has 0 heterocycles. The minimum Gasteiger partial charge on any atom is -0.418 e. The number of carbonyl (C=O) groups excluding carboxylic acids is 1. The van der Waals surface area contributed by atoms with Crippen molar-refractivity contribution in [1.29, 1.82) is 0 Å². The first-order valence-electron chi connectivity index (χ1n) is 42.5. The molecule has 4 N–H and O–H groups in total. The summed E-state index contributed by atoms with van der Waals surface area (Å²) in [5.41, 5.74) is 2.93. The molecule has 6 rings (SSSR count). The van der Waals surface area contributed by atoms with Crippen molar-refractivity contribution < 1.29 is 78.3 Å². The van der Waals surface area contributed by atoms with Gasteiger partial charge in [0.05, 0.1) is 24.9 Å². The molecular formula is C89H169ClO17S2Si8. The summed E-state index contributed by atoms with van der Waals surface area (Å²) in [4.78, 5) is 8.00. The van der Waals surface area contributed by atoms with Crippen LogP contribution < -0.4 is 10.4 Å². The second kappa shape index (κ2) is 80.7. The van der Waals surface area contributed by atoms with E-state index in [1.807, 2.05) is 126 Å². The standard InChI is InChI=1S/C21H46O2Si.C11H18O2Si.2C11H10.C9H14O2Si.2C6H16O2Si.C5H14OS2Si.C4H11ClO3Si.C4H12O2Si.CH2O/c1-4-5-6-7-8-9-10-11-12-13-14-15-16-17-18-19-20-24(3,21-22)23-2;1-4-12-14(3,13-5-2)11-9-7-6-8-10-11;2*1-9-5-4-7-10-6-2-3-8-11(9)10;1-11-12(2,8-10)9-6-4-3-5-7-9;1-5-6-9(4,7-2)8-3;1-5-7-9(3,4)8-6-2;1-5-6-9(4,7-2)8-3;1-8-9(2-5,3-6)4-7;1-3-5-7-6-4-2;1-2/h22H,4-21H2,1-3H3;6-10H,4-5H2,1-3H3;2*2-8H,1H3;3-7,10H,8H2,1-2H3;2*5-6H2,1-4H3;5H2,1-4H3;6-7H,2-4H2,1H3;3-4,7H2,1-2H3;1H2. The normalized spacial score (nSPS) is 12.1. The van der Waals surface area contributed by atoms with Crippen LogP contribution in [-0.4, -0.2) is 219 Å². The van der Waals surface area contributed by atoms with Crippen LogP contribution in [0.5, 0.6) is 0 Å². The van der Waals surface area contributed by atoms with Crippen molar-refractivity contribution in [2.75, 3.05) is 125 Å². The van der Waals surface area contributed by atoms with Gasteiger partial charge in [-0.2, -0.15) is 0 Å². The zero-order chi connectivity index (χ0) is 89.6. The predicted molar refractivity (Wildman–Crippen MR) is 528 cm³/mol. The quantitative estimate of drug-likeness (QED) is 0.0159. The van der Waals surface area contributed by atoms with Gasteiger partial charge in [-0.3, -0.25) is 0 Å². The fourth-order valence-corrected chi connectivity index (χ4v) is 25.6. The van der Waals surface area contributed by atoms with E-state index in [4.69, 9.17) is 79.7 Å². The zero-order valence-corrected chi connectivity index (χ0v) is 88.8. The molecule has 0 aromatic heterocycles. The van der Waals surface area contributed by atoms with Crippen molar-refractivity contribution in [1.82, 2.24) is 0 Å². The summed E-state index contributed by atoms with van der Waals surface area (Å²) in [6.45, 7) is 43.4. The van der Waals surface area contributed by atoms with Gasteiger partial charge in [-0.15, -0.1) is 34.0 Å². The van der Waals surface area contributed by atoms with E-state index in [1.165, 1.54) is 148 Å². The van der Waals surface area contributed by atoms with E-state index in [9.17, 15) is 10.2 Å². The largest absolute Gasteiger partial charge is 0.418 e. The SMILES string of the molecule is C=O.CCCCCCCCCCCCCCCCCC[Si](C)(CO)OC.CCC[Si](C)(OC)OC.CCO[SiH2]OCC.CCO[Si](C)(C)OCC.CCO[Si](C)(OCC)c1ccccc1.CCO[Si](C)(SC)SC.CO[Si](C)(CO)c1ccccc1.CO[Si](CO)(CO)CCl.Cc1cccc2ccccc12.Cc1cccc2ccccc12. The summed E-state index contributed by atoms with van der Waals surface area (Å²) in [5.74, 6) is 0. The third-order valence-corrected chi connectivity index (χ3v) is 49.1. The van der Waals surface area contributed by atoms with Gasteiger partial charge in [0.2, 0.25) is 16.6 Å². The molecule has 17 nitrogen and oxygen atoms in total. The first kappa shape index (κ1) is 123. The Morgan fingerprint density at radius 1 is 0.376 bits per heavy atom. The third kappa shape index (κ3) is 62.4. The maximum atomic E-state index is 9.35. The minimum atomic E-state index is -2.31. The van der Waals surface area contributed by atoms with Gasteiger partial charge in [-0.1, -0.05) is 269 Å². The Labute approximate surface area is 737 Å². The van der Waals surface area contributed by atoms with Gasteiger partial charge in [-0.25, -0.2) is 0 Å². The average molecular weight is 1840 g/mol. The molecule has 0 aliphatic rings. The molecule has 0 aliphatic heterocycles. The predicted octanol–water partition coefficient (Wildman–Crippen LogP) is 21.1. The van der Waals surface area contributed by atoms with Crippen molar-refractivity contribution in [3.05, 3.63) is 157 Å². The lowest BCUT2D eigenvalue weighted by Gasteiger charge is -2.26. The van der Waals surface area contributed by atoms with Crippen LogP contribution in [0.3, 0.4) is 0 Å². The van der Waals surface area contributed by atoms with Crippen LogP contribution in [0.25, 0.3) is 21.5 Å². The first-order chi connectivity index (χ1) is 56.0. The van der Waals surface area contributed by atoms with Crippen LogP contribution in [0.2, 0.25) is 57.9 Å². The van der Waals surface area contributed by atoms with Crippen molar-refractivity contribution in [2.45, 2.75) is 243 Å². The number of benzene rings is 6. The van der Waals surface area contributed by atoms with Crippen molar-refractivity contribution >= 4 is 140 Å². The van der Waals surface area contributed by atoms with Gasteiger partial charge in [0.15, 0.2) is 0 Å². The molecule has 0 saturated carbocycles. The minimum absolute atomic E-state index is 0.122. The molecule has 0 spiro atoms. The average Bonchev–Trinajstić information content (AvgIpc) is 0.858. The molecule has 0 radical (unpaired) electrons. The lowest BCUT2D eigenvalue weighted by molar-refractivity contribution is -0.0980. The van der Waals surface area contributed by atoms with Gasteiger partial charge in [0, 0.05) is 87.3 Å². The highest BCUT2D eigenvalue weighted by atomic mass is 35.5. The summed E-state index contributed by atoms with van der Waals surface area (Å²) >= 11 is 9.19. The van der Waals surface area contributed by atoms with Gasteiger partial charge in [0.25, 0.3) is 8.32 Å². The van der Waals surface area contributed by atoms with E-state index in [-0.39, 0.29) is 30.4 Å². The molecule has 28 heteroatoms. The molecule has 0 amide bonds. The van der Waals surface area contributed by atoms with E-state index in [2.05, 4.69) is 183 Å². The summed E-state index contributed by atoms with van der Waals surface area (Å²) in [6, 6.07) is 52.0. The Kier molecular flexibility index (Phi) is 84.9. The first-order valence-corrected chi connectivity index (χ1v) is 66.1. The van der Waals surface area contributed by atoms with Crippen LogP contribution in [0.4, 0.5) is 0 Å². The Morgan fingerprint density at radius 3 is 1.00 bits per heavy atom. The third-order valence-electron chi connectivity index (χ3n) is 19.2. The highest BCUT2D eigenvalue weighted by Crippen LogP contribution is 2.29. The number of hydrogen-bond donors (Lipinski definition) is 4. The van der Waals surface area contributed by atoms with Crippen LogP contribution in [-0.2, 0) is 57.9 Å². The number of carbonyl (C=O) groups is 1. The number of fused-ring (bicyclic) bond motifs is 2. The molecular weight excluding hydrogens is 1670 g/mol. The Balaban J connectivity index is -0.000000404. The zero-order valence-electron chi connectivity index (χ0n) is 78.0. The molecule has 0 fully saturated rings. The van der Waals surface area contributed by atoms with Crippen LogP contribution in [0.15, 0.2) is 146 Å². The number of aliphatic hydroxyl groups excluding tert-OH is 4. The summed E-state index contributed by atoms with van der Waals surface area (Å²) in [5, 5.41) is 43.6. The van der Waals surface area contributed by atoms with E-state index in [1.54, 1.807) is 28.4 Å². The summed E-state index contributed by atoms with van der Waals surface area (Å²) < 4.78 is 64.1. The summed E-state index contributed by atoms with van der Waals surface area (Å²) in [7, 11) is -3.86.